The first-order valence-electron chi connectivity index (χ1n) is 18.1. The largest absolute Gasteiger partial charge is 0.310 e. The average Bonchev–Trinajstić information content (AvgIpc) is 3.69. The Hall–Kier alpha value is -6.71. The second-order valence-electron chi connectivity index (χ2n) is 14.0. The first-order chi connectivity index (χ1) is 26.1. The lowest BCUT2D eigenvalue weighted by Crippen LogP contribution is -2.25. The van der Waals surface area contributed by atoms with Crippen molar-refractivity contribution in [1.82, 2.24) is 4.57 Å². The van der Waals surface area contributed by atoms with Gasteiger partial charge < -0.3 is 9.47 Å². The molecular formula is C50H35FN2. The number of halogens is 1. The molecule has 0 saturated carbocycles. The predicted molar refractivity (Wildman–Crippen MR) is 218 cm³/mol. The molecule has 0 bridgehead atoms. The van der Waals surface area contributed by atoms with Crippen molar-refractivity contribution in [2.24, 2.45) is 0 Å². The van der Waals surface area contributed by atoms with Gasteiger partial charge in [-0.3, -0.25) is 0 Å². The van der Waals surface area contributed by atoms with Crippen molar-refractivity contribution in [2.45, 2.75) is 12.3 Å². The van der Waals surface area contributed by atoms with E-state index in [4.69, 9.17) is 0 Å². The summed E-state index contributed by atoms with van der Waals surface area (Å²) in [6, 6.07) is 68.1. The highest BCUT2D eigenvalue weighted by atomic mass is 19.1. The minimum atomic E-state index is -0.399. The highest BCUT2D eigenvalue weighted by Gasteiger charge is 2.42. The molecule has 53 heavy (non-hydrogen) atoms. The molecular weight excluding hydrogens is 648 g/mol. The molecule has 1 heterocycles. The molecule has 1 aliphatic rings. The molecule has 0 fully saturated rings. The molecule has 0 aliphatic heterocycles. The fraction of sp³-hybridized carbons (Fsp3) is 0.0400. The van der Waals surface area contributed by atoms with Gasteiger partial charge in [0.1, 0.15) is 5.82 Å². The van der Waals surface area contributed by atoms with Crippen molar-refractivity contribution in [2.75, 3.05) is 4.90 Å². The Kier molecular flexibility index (Phi) is 7.16. The van der Waals surface area contributed by atoms with Crippen LogP contribution >= 0.6 is 0 Å². The third-order valence-corrected chi connectivity index (χ3v) is 11.1. The molecule has 0 saturated heterocycles. The lowest BCUT2D eigenvalue weighted by atomic mass is 9.73. The highest BCUT2D eigenvalue weighted by Crippen LogP contribution is 2.55. The quantitative estimate of drug-likeness (QED) is 0.169. The topological polar surface area (TPSA) is 8.17 Å². The minimum absolute atomic E-state index is 0.235. The van der Waals surface area contributed by atoms with Crippen LogP contribution < -0.4 is 4.90 Å². The second-order valence-corrected chi connectivity index (χ2v) is 14.0. The summed E-state index contributed by atoms with van der Waals surface area (Å²) in [7, 11) is 0. The molecule has 2 nitrogen and oxygen atoms in total. The van der Waals surface area contributed by atoms with E-state index in [1.165, 1.54) is 56.2 Å². The molecule has 252 valence electrons. The van der Waals surface area contributed by atoms with Crippen LogP contribution in [0.2, 0.25) is 0 Å². The number of benzene rings is 8. The Morgan fingerprint density at radius 3 is 1.68 bits per heavy atom. The van der Waals surface area contributed by atoms with Crippen LogP contribution in [-0.4, -0.2) is 4.57 Å². The molecule has 0 N–H and O–H groups in total. The Balaban J connectivity index is 1.22. The molecule has 9 aromatic rings. The van der Waals surface area contributed by atoms with E-state index in [0.717, 1.165) is 39.4 Å². The zero-order valence-electron chi connectivity index (χ0n) is 29.2. The number of anilines is 3. The number of hydrogen-bond donors (Lipinski definition) is 0. The molecule has 8 aromatic carbocycles. The van der Waals surface area contributed by atoms with E-state index in [1.54, 1.807) is 0 Å². The Labute approximate surface area is 308 Å². The van der Waals surface area contributed by atoms with E-state index in [9.17, 15) is 4.39 Å². The summed E-state index contributed by atoms with van der Waals surface area (Å²) in [6.07, 6.45) is 0. The van der Waals surface area contributed by atoms with Gasteiger partial charge in [-0.2, -0.15) is 0 Å². The SMILES string of the molecule is CC1(c2ccccc2N(c2ccc(-c3ccc(F)cc3)cc2)c2ccc3c(c2)c2ccccc2n3-c2ccccc2)c2ccccc2-c2ccccc21. The predicted octanol–water partition coefficient (Wildman–Crippen LogP) is 13.4. The number of para-hydroxylation sites is 3. The van der Waals surface area contributed by atoms with Crippen LogP contribution in [0.4, 0.5) is 21.5 Å². The Morgan fingerprint density at radius 1 is 0.453 bits per heavy atom. The molecule has 3 heteroatoms. The van der Waals surface area contributed by atoms with Crippen LogP contribution in [0.1, 0.15) is 23.6 Å². The maximum Gasteiger partial charge on any atom is 0.123 e. The summed E-state index contributed by atoms with van der Waals surface area (Å²) < 4.78 is 16.2. The first kappa shape index (κ1) is 31.1. The van der Waals surface area contributed by atoms with Crippen molar-refractivity contribution in [1.29, 1.82) is 0 Å². The second kappa shape index (κ2) is 12.2. The first-order valence-corrected chi connectivity index (χ1v) is 18.1. The Morgan fingerprint density at radius 2 is 0.981 bits per heavy atom. The van der Waals surface area contributed by atoms with Gasteiger partial charge in [-0.15, -0.1) is 0 Å². The molecule has 0 unspecified atom stereocenters. The number of rotatable bonds is 6. The lowest BCUT2D eigenvalue weighted by molar-refractivity contribution is 0.628. The Bertz CT molecular complexity index is 2750. The van der Waals surface area contributed by atoms with E-state index in [1.807, 2.05) is 12.1 Å². The van der Waals surface area contributed by atoms with Crippen molar-refractivity contribution in [3.63, 3.8) is 0 Å². The van der Waals surface area contributed by atoms with Gasteiger partial charge in [0.05, 0.1) is 16.7 Å². The molecule has 0 amide bonds. The summed E-state index contributed by atoms with van der Waals surface area (Å²) in [5.41, 5.74) is 14.7. The van der Waals surface area contributed by atoms with Gasteiger partial charge in [0.2, 0.25) is 0 Å². The van der Waals surface area contributed by atoms with E-state index in [-0.39, 0.29) is 5.82 Å². The highest BCUT2D eigenvalue weighted by molar-refractivity contribution is 6.10. The standard InChI is InChI=1S/C50H35FN2/c1-50(44-18-8-5-15-40(44)41-16-6-9-19-45(41)50)46-20-10-12-22-49(46)52(38-29-25-35(26-30-38)34-23-27-36(51)28-24-34)39-31-32-48-43(33-39)42-17-7-11-21-47(42)53(48)37-13-3-2-4-14-37/h2-33H,1H3. The van der Waals surface area contributed by atoms with Gasteiger partial charge in [0, 0.05) is 33.2 Å². The van der Waals surface area contributed by atoms with Crippen LogP contribution in [0.25, 0.3) is 49.7 Å². The third-order valence-electron chi connectivity index (χ3n) is 11.1. The van der Waals surface area contributed by atoms with Crippen LogP contribution in [0.5, 0.6) is 0 Å². The molecule has 0 spiro atoms. The van der Waals surface area contributed by atoms with E-state index in [2.05, 4.69) is 186 Å². The van der Waals surface area contributed by atoms with Crippen LogP contribution in [0, 0.1) is 5.82 Å². The van der Waals surface area contributed by atoms with Crippen molar-refractivity contribution in [3.8, 4) is 27.9 Å². The van der Waals surface area contributed by atoms with Gasteiger partial charge in [-0.1, -0.05) is 127 Å². The number of hydrogen-bond acceptors (Lipinski definition) is 1. The smallest absolute Gasteiger partial charge is 0.123 e. The van der Waals surface area contributed by atoms with E-state index >= 15 is 0 Å². The normalized spacial score (nSPS) is 12.9. The maximum atomic E-state index is 13.8. The van der Waals surface area contributed by atoms with Crippen molar-refractivity contribution >= 4 is 38.9 Å². The van der Waals surface area contributed by atoms with Gasteiger partial charge in [0.15, 0.2) is 0 Å². The van der Waals surface area contributed by atoms with Crippen molar-refractivity contribution in [3.05, 3.63) is 217 Å². The van der Waals surface area contributed by atoms with Crippen molar-refractivity contribution < 1.29 is 4.39 Å². The van der Waals surface area contributed by atoms with Gasteiger partial charge in [-0.05, 0) is 113 Å². The minimum Gasteiger partial charge on any atom is -0.310 e. The molecule has 0 radical (unpaired) electrons. The number of nitrogens with zero attached hydrogens (tertiary/aromatic N) is 2. The fourth-order valence-electron chi connectivity index (χ4n) is 8.66. The number of aromatic nitrogens is 1. The number of fused-ring (bicyclic) bond motifs is 6. The van der Waals surface area contributed by atoms with Gasteiger partial charge in [0.25, 0.3) is 0 Å². The molecule has 0 atom stereocenters. The van der Waals surface area contributed by atoms with Gasteiger partial charge >= 0.3 is 0 Å². The van der Waals surface area contributed by atoms with E-state index in [0.29, 0.717) is 0 Å². The summed E-state index contributed by atoms with van der Waals surface area (Å²) in [5, 5.41) is 2.40. The third kappa shape index (κ3) is 4.85. The average molecular weight is 683 g/mol. The van der Waals surface area contributed by atoms with Crippen LogP contribution in [0.15, 0.2) is 194 Å². The van der Waals surface area contributed by atoms with Crippen LogP contribution in [0.3, 0.4) is 0 Å². The monoisotopic (exact) mass is 682 g/mol. The zero-order valence-corrected chi connectivity index (χ0v) is 29.2. The molecule has 10 rings (SSSR count). The van der Waals surface area contributed by atoms with Crippen LogP contribution in [-0.2, 0) is 5.41 Å². The summed E-state index contributed by atoms with van der Waals surface area (Å²) >= 11 is 0. The molecule has 1 aliphatic carbocycles. The summed E-state index contributed by atoms with van der Waals surface area (Å²) in [6.45, 7) is 2.38. The molecule has 1 aromatic heterocycles. The van der Waals surface area contributed by atoms with E-state index < -0.39 is 5.41 Å². The lowest BCUT2D eigenvalue weighted by Gasteiger charge is -2.35. The maximum absolute atomic E-state index is 13.8. The zero-order chi connectivity index (χ0) is 35.5. The fourth-order valence-corrected chi connectivity index (χ4v) is 8.66. The summed E-state index contributed by atoms with van der Waals surface area (Å²) in [4.78, 5) is 2.41. The summed E-state index contributed by atoms with van der Waals surface area (Å²) in [5.74, 6) is -0.235. The van der Waals surface area contributed by atoms with Gasteiger partial charge in [-0.25, -0.2) is 4.39 Å².